The van der Waals surface area contributed by atoms with Gasteiger partial charge >= 0.3 is 17.9 Å². The minimum absolute atomic E-state index is 0.00263. The molecular weight excluding hydrogens is 751 g/mol. The number of phenolic OH excluding ortho intramolecular Hbond substituents is 3. The largest absolute Gasteiger partial charge is 0.504 e. The molecule has 1 fully saturated rings. The zero-order chi connectivity index (χ0) is 37.6. The summed E-state index contributed by atoms with van der Waals surface area (Å²) >= 11 is 3.20. The third kappa shape index (κ3) is 6.68. The number of thioether (sulfide) groups is 2. The summed E-state index contributed by atoms with van der Waals surface area (Å²) in [7, 11) is 0. The normalized spacial score (nSPS) is 17.8. The molecule has 0 radical (unpaired) electrons. The van der Waals surface area contributed by atoms with Crippen molar-refractivity contribution in [3.8, 4) is 17.2 Å². The first kappa shape index (κ1) is 35.7. The van der Waals surface area contributed by atoms with E-state index in [9.17, 15) is 54.6 Å². The number of thiazole rings is 1. The lowest BCUT2D eigenvalue weighted by Crippen LogP contribution is -2.71. The lowest BCUT2D eigenvalue weighted by atomic mass is 10.0. The van der Waals surface area contributed by atoms with Crippen LogP contribution in [0.25, 0.3) is 5.78 Å². The average Bonchev–Trinajstić information content (AvgIpc) is 3.72. The molecule has 2 amide bonds. The highest BCUT2D eigenvalue weighted by atomic mass is 32.2. The Bertz CT molecular complexity index is 2230. The van der Waals surface area contributed by atoms with Gasteiger partial charge in [-0.3, -0.25) is 14.5 Å². The van der Waals surface area contributed by atoms with Crippen LogP contribution in [-0.4, -0.2) is 118 Å². The lowest BCUT2D eigenvalue weighted by molar-refractivity contribution is -0.151. The van der Waals surface area contributed by atoms with E-state index >= 15 is 0 Å². The fourth-order valence-electron chi connectivity index (χ4n) is 5.04. The number of benzene rings is 1. The average molecular weight is 774 g/mol. The molecule has 0 bridgehead atoms. The van der Waals surface area contributed by atoms with Gasteiger partial charge in [-0.2, -0.15) is 9.50 Å². The van der Waals surface area contributed by atoms with Crippen LogP contribution in [0.5, 0.6) is 17.2 Å². The number of aliphatic carboxylic acids is 2. The highest BCUT2D eigenvalue weighted by Gasteiger charge is 2.54. The van der Waals surface area contributed by atoms with Crippen molar-refractivity contribution >= 4 is 81.2 Å². The standard InChI is InChI=1S/C28H23N9O12S3/c1-8-2-14(37-28(30-8)33-20(34-37)26(47)48)50-5-10-6-51-23-16(22(42)36(23)17(10)24(43)44)32-21(41)15(11-7-52-27(29)31-11)35-49-19(25(45)46)9-3-12(38)18(40)13(39)4-9/h2-4,7,16,19,23,38-40H,5-6H2,1H3,(H2,29,31)(H,32,41)(H,43,44)(H,45,46)(H,47,48)/b35-15-/t16-,19+,23-/m1/s1. The third-order valence-corrected chi connectivity index (χ3v) is 10.5. The first-order valence-corrected chi connectivity index (χ1v) is 17.3. The van der Waals surface area contributed by atoms with Gasteiger partial charge in [-0.25, -0.2) is 24.4 Å². The molecular formula is C28H23N9O12S3. The minimum atomic E-state index is -2.01. The summed E-state index contributed by atoms with van der Waals surface area (Å²) in [6, 6.07) is 1.97. The number of β-lactam (4-membered cyclic amide) rings is 1. The molecule has 0 spiro atoms. The predicted octanol–water partition coefficient (Wildman–Crippen LogP) is 0.364. The van der Waals surface area contributed by atoms with Crippen molar-refractivity contribution in [2.45, 2.75) is 29.5 Å². The number of nitrogens with one attached hydrogen (secondary N) is 1. The number of nitrogen functional groups attached to an aromatic ring is 1. The monoisotopic (exact) mass is 773 g/mol. The van der Waals surface area contributed by atoms with Gasteiger partial charge < -0.3 is 46.5 Å². The summed E-state index contributed by atoms with van der Waals surface area (Å²) in [6.07, 6.45) is -2.01. The topological polar surface area (TPSA) is 326 Å². The maximum Gasteiger partial charge on any atom is 0.375 e. The number of rotatable bonds is 12. The number of aromatic carboxylic acids is 1. The molecule has 6 rings (SSSR count). The molecule has 52 heavy (non-hydrogen) atoms. The van der Waals surface area contributed by atoms with Crippen molar-refractivity contribution in [1.82, 2.24) is 34.8 Å². The number of fused-ring (bicyclic) bond motifs is 2. The second-order valence-corrected chi connectivity index (χ2v) is 13.8. The van der Waals surface area contributed by atoms with Gasteiger partial charge in [0.15, 0.2) is 28.1 Å². The van der Waals surface area contributed by atoms with Crippen molar-refractivity contribution < 1.29 is 59.4 Å². The molecule has 1 aromatic carbocycles. The number of aromatic hydroxyl groups is 3. The number of aryl methyl sites for hydroxylation is 1. The second-order valence-electron chi connectivity index (χ2n) is 10.8. The molecule has 9 N–H and O–H groups in total. The van der Waals surface area contributed by atoms with E-state index in [0.29, 0.717) is 16.3 Å². The molecule has 2 aliphatic heterocycles. The van der Waals surface area contributed by atoms with Crippen molar-refractivity contribution in [1.29, 1.82) is 0 Å². The van der Waals surface area contributed by atoms with E-state index in [4.69, 9.17) is 10.6 Å². The first-order chi connectivity index (χ1) is 24.6. The van der Waals surface area contributed by atoms with Gasteiger partial charge in [-0.15, -0.1) is 40.0 Å². The predicted molar refractivity (Wildman–Crippen MR) is 179 cm³/mol. The maximum atomic E-state index is 13.5. The second kappa shape index (κ2) is 13.9. The molecule has 2 aliphatic rings. The van der Waals surface area contributed by atoms with E-state index in [1.165, 1.54) is 9.90 Å². The van der Waals surface area contributed by atoms with Gasteiger partial charge in [-0.1, -0.05) is 5.16 Å². The number of oxime groups is 1. The summed E-state index contributed by atoms with van der Waals surface area (Å²) in [5.74, 6) is -9.13. The van der Waals surface area contributed by atoms with Gasteiger partial charge in [0.1, 0.15) is 27.8 Å². The van der Waals surface area contributed by atoms with Gasteiger partial charge in [-0.05, 0) is 30.7 Å². The van der Waals surface area contributed by atoms with E-state index in [-0.39, 0.29) is 39.4 Å². The van der Waals surface area contributed by atoms with Gasteiger partial charge in [0, 0.05) is 28.1 Å². The number of nitrogens with zero attached hydrogens (tertiary/aromatic N) is 7. The smallest absolute Gasteiger partial charge is 0.375 e. The fraction of sp³-hybridized carbons (Fsp3) is 0.214. The van der Waals surface area contributed by atoms with E-state index in [1.807, 2.05) is 0 Å². The molecule has 1 saturated heterocycles. The molecule has 3 atom stereocenters. The van der Waals surface area contributed by atoms with Crippen molar-refractivity contribution in [2.24, 2.45) is 5.16 Å². The van der Waals surface area contributed by atoms with Gasteiger partial charge in [0.05, 0.1) is 0 Å². The van der Waals surface area contributed by atoms with E-state index < -0.39 is 76.0 Å². The molecule has 4 aromatic rings. The Labute approximate surface area is 301 Å². The number of phenols is 3. The Hall–Kier alpha value is -6.14. The summed E-state index contributed by atoms with van der Waals surface area (Å²) in [5.41, 5.74) is 5.16. The van der Waals surface area contributed by atoms with Crippen molar-refractivity contribution in [2.75, 3.05) is 17.2 Å². The Balaban J connectivity index is 1.22. The Morgan fingerprint density at radius 1 is 1.10 bits per heavy atom. The highest BCUT2D eigenvalue weighted by molar-refractivity contribution is 8.01. The van der Waals surface area contributed by atoms with E-state index in [2.05, 4.69) is 30.5 Å². The van der Waals surface area contributed by atoms with E-state index in [1.54, 1.807) is 13.0 Å². The number of anilines is 1. The molecule has 0 unspecified atom stereocenters. The van der Waals surface area contributed by atoms with Crippen molar-refractivity contribution in [3.63, 3.8) is 0 Å². The summed E-state index contributed by atoms with van der Waals surface area (Å²) in [5, 5.41) is 69.4. The van der Waals surface area contributed by atoms with Crippen LogP contribution in [0.15, 0.2) is 45.0 Å². The van der Waals surface area contributed by atoms with Crippen LogP contribution in [-0.2, 0) is 24.0 Å². The van der Waals surface area contributed by atoms with Crippen LogP contribution in [0.2, 0.25) is 0 Å². The number of carboxylic acids is 3. The van der Waals surface area contributed by atoms with E-state index in [0.717, 1.165) is 51.9 Å². The number of hydrogen-bond acceptors (Lipinski definition) is 18. The summed E-state index contributed by atoms with van der Waals surface area (Å²) in [4.78, 5) is 81.0. The number of carboxylic acid groups (broad SMARTS) is 3. The van der Waals surface area contributed by atoms with Crippen molar-refractivity contribution in [3.05, 3.63) is 57.6 Å². The Kier molecular flexibility index (Phi) is 9.52. The van der Waals surface area contributed by atoms with Crippen LogP contribution in [0.4, 0.5) is 5.13 Å². The van der Waals surface area contributed by atoms with Crippen LogP contribution >= 0.6 is 34.9 Å². The number of aromatic nitrogens is 5. The molecule has 3 aromatic heterocycles. The number of carbonyl (C=O) groups is 5. The van der Waals surface area contributed by atoms with Crippen LogP contribution in [0, 0.1) is 6.92 Å². The maximum absolute atomic E-state index is 13.5. The Morgan fingerprint density at radius 2 is 1.81 bits per heavy atom. The highest BCUT2D eigenvalue weighted by Crippen LogP contribution is 2.42. The number of carbonyl (C=O) groups excluding carboxylic acids is 2. The van der Waals surface area contributed by atoms with Crippen LogP contribution < -0.4 is 11.1 Å². The van der Waals surface area contributed by atoms with Gasteiger partial charge in [0.25, 0.3) is 23.4 Å². The molecule has 5 heterocycles. The molecule has 270 valence electrons. The van der Waals surface area contributed by atoms with Crippen LogP contribution in [0.1, 0.15) is 33.7 Å². The first-order valence-electron chi connectivity index (χ1n) is 14.4. The molecule has 0 aliphatic carbocycles. The number of amides is 2. The third-order valence-electron chi connectivity index (χ3n) is 7.38. The van der Waals surface area contributed by atoms with Gasteiger partial charge in [0.2, 0.25) is 6.10 Å². The molecule has 0 saturated carbocycles. The lowest BCUT2D eigenvalue weighted by Gasteiger charge is -2.49. The summed E-state index contributed by atoms with van der Waals surface area (Å²) < 4.78 is 1.22. The minimum Gasteiger partial charge on any atom is -0.504 e. The number of nitrogens with two attached hydrogens (primary N) is 1. The SMILES string of the molecule is Cc1cc(SCC2=C(C(=O)O)N3C(=O)[C@@H](NC(=O)/C(=N\O[C@H](C(=O)O)c4cc(O)c(O)c(O)c4)c4csc(N)n4)[C@H]3SC2)n2nc(C(=O)O)nc2n1. The molecule has 21 nitrogen and oxygen atoms in total. The van der Waals surface area contributed by atoms with Crippen LogP contribution in [0.3, 0.4) is 0 Å². The zero-order valence-electron chi connectivity index (χ0n) is 26.0. The zero-order valence-corrected chi connectivity index (χ0v) is 28.5. The molecule has 24 heteroatoms. The summed E-state index contributed by atoms with van der Waals surface area (Å²) in [6.45, 7) is 1.67. The fourth-order valence-corrected chi connectivity index (χ4v) is 8.13. The quantitative estimate of drug-likeness (QED) is 0.0241. The Morgan fingerprint density at radius 3 is 2.42 bits per heavy atom. The number of hydrogen-bond donors (Lipinski definition) is 8.